The van der Waals surface area contributed by atoms with E-state index in [1.807, 2.05) is 0 Å². The van der Waals surface area contributed by atoms with Crippen molar-refractivity contribution in [3.63, 3.8) is 0 Å². The molecule has 0 amide bonds. The Morgan fingerprint density at radius 2 is 0.447 bits per heavy atom. The third-order valence-electron chi connectivity index (χ3n) is 19.8. The molecule has 0 radical (unpaired) electrons. The van der Waals surface area contributed by atoms with E-state index in [2.05, 4.69) is 34.6 Å². The van der Waals surface area contributed by atoms with E-state index in [4.69, 9.17) is 37.0 Å². The Kier molecular flexibility index (Phi) is 75.4. The summed E-state index contributed by atoms with van der Waals surface area (Å²) in [6, 6.07) is 0. The molecule has 0 aliphatic rings. The van der Waals surface area contributed by atoms with Gasteiger partial charge in [-0.3, -0.25) is 37.3 Å². The summed E-state index contributed by atoms with van der Waals surface area (Å²) in [6.07, 6.45) is 69.2. The quantitative estimate of drug-likeness (QED) is 0.0222. The third-order valence-corrected chi connectivity index (χ3v) is 21.7. The van der Waals surface area contributed by atoms with Crippen LogP contribution in [0.5, 0.6) is 0 Å². The number of ether oxygens (including phenoxy) is 4. The molecule has 19 heteroatoms. The monoisotopic (exact) mass is 1510 g/mol. The van der Waals surface area contributed by atoms with Crippen LogP contribution in [0.1, 0.15) is 452 Å². The summed E-state index contributed by atoms with van der Waals surface area (Å²) in [5.41, 5.74) is 0. The Balaban J connectivity index is 5.26. The number of carbonyl (C=O) groups excluding carboxylic acids is 4. The predicted molar refractivity (Wildman–Crippen MR) is 423 cm³/mol. The molecule has 0 saturated carbocycles. The number of hydrogen-bond donors (Lipinski definition) is 3. The molecule has 0 fully saturated rings. The van der Waals surface area contributed by atoms with E-state index in [9.17, 15) is 43.2 Å². The molecule has 0 heterocycles. The third kappa shape index (κ3) is 78.0. The van der Waals surface area contributed by atoms with Crippen LogP contribution < -0.4 is 0 Å². The molecular weight excluding hydrogens is 1340 g/mol. The lowest BCUT2D eigenvalue weighted by molar-refractivity contribution is -0.161. The minimum atomic E-state index is -4.96. The summed E-state index contributed by atoms with van der Waals surface area (Å²) in [4.78, 5) is 73.2. The van der Waals surface area contributed by atoms with Gasteiger partial charge in [0.05, 0.1) is 26.4 Å². The van der Waals surface area contributed by atoms with E-state index in [-0.39, 0.29) is 25.7 Å². The Morgan fingerprint density at radius 3 is 0.660 bits per heavy atom. The fourth-order valence-electron chi connectivity index (χ4n) is 13.1. The van der Waals surface area contributed by atoms with Gasteiger partial charge in [-0.05, 0) is 31.6 Å². The van der Waals surface area contributed by atoms with Gasteiger partial charge < -0.3 is 33.8 Å². The van der Waals surface area contributed by atoms with Gasteiger partial charge in [0.25, 0.3) is 0 Å². The number of rotatable bonds is 84. The second-order valence-corrected chi connectivity index (χ2v) is 33.6. The van der Waals surface area contributed by atoms with Crippen LogP contribution in [0.3, 0.4) is 0 Å². The van der Waals surface area contributed by atoms with Crippen LogP contribution in [-0.2, 0) is 65.4 Å². The van der Waals surface area contributed by atoms with Crippen molar-refractivity contribution in [3.05, 3.63) is 0 Å². The van der Waals surface area contributed by atoms with Crippen molar-refractivity contribution in [2.75, 3.05) is 39.6 Å². The van der Waals surface area contributed by atoms with E-state index >= 15 is 0 Å². The molecule has 0 aromatic heterocycles. The van der Waals surface area contributed by atoms with Crippen LogP contribution in [0.2, 0.25) is 0 Å². The van der Waals surface area contributed by atoms with Crippen molar-refractivity contribution < 1.29 is 80.2 Å². The zero-order valence-corrected chi connectivity index (χ0v) is 69.3. The zero-order chi connectivity index (χ0) is 75.5. The lowest BCUT2D eigenvalue weighted by Crippen LogP contribution is -2.30. The maximum absolute atomic E-state index is 13.1. The van der Waals surface area contributed by atoms with E-state index in [0.717, 1.165) is 95.8 Å². The summed E-state index contributed by atoms with van der Waals surface area (Å²) in [5.74, 6) is -1.30. The van der Waals surface area contributed by atoms with Crippen LogP contribution in [0.25, 0.3) is 0 Å². The SMILES string of the molecule is CCCCCCCCCCCCCCCCCCCC(=O)OC[C@H](COP(=O)(O)OC[C@@H](O)COP(=O)(O)OC[C@@H](COC(=O)CCCCCCCCCCCCCC)OC(=O)CCCCCCCCCCCCCCCCCC)OC(=O)CCCCCCCCCCCCCCCCCC(C)C. The molecule has 17 nitrogen and oxygen atoms in total. The normalized spacial score (nSPS) is 13.8. The number of esters is 4. The second-order valence-electron chi connectivity index (χ2n) is 30.7. The van der Waals surface area contributed by atoms with E-state index in [1.165, 1.54) is 276 Å². The Hall–Kier alpha value is -1.94. The summed E-state index contributed by atoms with van der Waals surface area (Å²) in [5, 5.41) is 10.7. The summed E-state index contributed by atoms with van der Waals surface area (Å²) in [6.45, 7) is 7.39. The molecule has 0 saturated heterocycles. The van der Waals surface area contributed by atoms with Crippen molar-refractivity contribution in [2.45, 2.75) is 470 Å². The molecule has 0 bridgehead atoms. The molecule has 612 valence electrons. The van der Waals surface area contributed by atoms with Crippen molar-refractivity contribution in [1.29, 1.82) is 0 Å². The van der Waals surface area contributed by atoms with Gasteiger partial charge in [0.2, 0.25) is 0 Å². The maximum Gasteiger partial charge on any atom is 0.472 e. The molecule has 5 atom stereocenters. The lowest BCUT2D eigenvalue weighted by atomic mass is 10.0. The van der Waals surface area contributed by atoms with Crippen LogP contribution in [-0.4, -0.2) is 96.7 Å². The standard InChI is InChI=1S/C84H164O17P2/c1-6-9-12-15-18-21-24-27-29-31-35-38-43-48-53-58-63-68-82(87)95-74-80(101-84(89)70-65-60-55-50-45-40-36-32-33-37-41-46-51-56-61-66-77(4)5)76-99-103(92,93)97-72-78(85)71-96-102(90,91)98-75-79(73-94-81(86)67-62-57-52-47-42-26-23-20-17-14-11-8-3)100-83(88)69-64-59-54-49-44-39-34-30-28-25-22-19-16-13-10-7-2/h77-80,85H,6-76H2,1-5H3,(H,90,91)(H,92,93)/t78-,79+,80+/m0/s1. The minimum absolute atomic E-state index is 0.109. The summed E-state index contributed by atoms with van der Waals surface area (Å²) in [7, 11) is -9.92. The zero-order valence-electron chi connectivity index (χ0n) is 67.5. The van der Waals surface area contributed by atoms with Gasteiger partial charge in [0.15, 0.2) is 12.2 Å². The summed E-state index contributed by atoms with van der Waals surface area (Å²) >= 11 is 0. The number of aliphatic hydroxyl groups excluding tert-OH is 1. The first-order valence-electron chi connectivity index (χ1n) is 43.6. The van der Waals surface area contributed by atoms with Crippen LogP contribution in [0.4, 0.5) is 0 Å². The lowest BCUT2D eigenvalue weighted by Gasteiger charge is -2.21. The highest BCUT2D eigenvalue weighted by Crippen LogP contribution is 2.45. The molecular formula is C84H164O17P2. The molecule has 103 heavy (non-hydrogen) atoms. The minimum Gasteiger partial charge on any atom is -0.462 e. The largest absolute Gasteiger partial charge is 0.472 e. The van der Waals surface area contributed by atoms with Crippen molar-refractivity contribution in [2.24, 2.45) is 5.92 Å². The van der Waals surface area contributed by atoms with Gasteiger partial charge in [-0.25, -0.2) is 9.13 Å². The molecule has 0 spiro atoms. The average molecular weight is 1510 g/mol. The molecule has 0 aliphatic heterocycles. The first-order chi connectivity index (χ1) is 50.0. The number of phosphoric ester groups is 2. The summed E-state index contributed by atoms with van der Waals surface area (Å²) < 4.78 is 68.9. The van der Waals surface area contributed by atoms with E-state index in [1.54, 1.807) is 0 Å². The maximum atomic E-state index is 13.1. The van der Waals surface area contributed by atoms with Crippen molar-refractivity contribution in [1.82, 2.24) is 0 Å². The molecule has 0 aliphatic carbocycles. The van der Waals surface area contributed by atoms with Crippen molar-refractivity contribution in [3.8, 4) is 0 Å². The van der Waals surface area contributed by atoms with Gasteiger partial charge in [0, 0.05) is 25.7 Å². The van der Waals surface area contributed by atoms with Gasteiger partial charge in [-0.15, -0.1) is 0 Å². The van der Waals surface area contributed by atoms with Gasteiger partial charge >= 0.3 is 39.5 Å². The Bertz CT molecular complexity index is 1960. The highest BCUT2D eigenvalue weighted by atomic mass is 31.2. The first kappa shape index (κ1) is 101. The van der Waals surface area contributed by atoms with Crippen LogP contribution >= 0.6 is 15.6 Å². The first-order valence-corrected chi connectivity index (χ1v) is 46.6. The second kappa shape index (κ2) is 76.8. The molecule has 0 aromatic carbocycles. The van der Waals surface area contributed by atoms with Gasteiger partial charge in [-0.1, -0.05) is 401 Å². The number of phosphoric acid groups is 2. The smallest absolute Gasteiger partial charge is 0.462 e. The van der Waals surface area contributed by atoms with Gasteiger partial charge in [0.1, 0.15) is 19.3 Å². The van der Waals surface area contributed by atoms with E-state index < -0.39 is 97.5 Å². The highest BCUT2D eigenvalue weighted by Gasteiger charge is 2.30. The number of carbonyl (C=O) groups is 4. The number of unbranched alkanes of at least 4 members (excludes halogenated alkanes) is 56. The van der Waals surface area contributed by atoms with Crippen molar-refractivity contribution >= 4 is 39.5 Å². The van der Waals surface area contributed by atoms with E-state index in [0.29, 0.717) is 25.7 Å². The predicted octanol–water partition coefficient (Wildman–Crippen LogP) is 25.6. The van der Waals surface area contributed by atoms with Crippen LogP contribution in [0.15, 0.2) is 0 Å². The number of hydrogen-bond acceptors (Lipinski definition) is 15. The molecule has 3 N–H and O–H groups in total. The Morgan fingerprint density at radius 1 is 0.262 bits per heavy atom. The highest BCUT2D eigenvalue weighted by molar-refractivity contribution is 7.47. The fourth-order valence-corrected chi connectivity index (χ4v) is 14.7. The Labute approximate surface area is 632 Å². The average Bonchev–Trinajstić information content (AvgIpc) is 1.03. The topological polar surface area (TPSA) is 237 Å². The fraction of sp³-hybridized carbons (Fsp3) is 0.952. The number of aliphatic hydroxyl groups is 1. The molecule has 2 unspecified atom stereocenters. The molecule has 0 aromatic rings. The molecule has 0 rings (SSSR count). The van der Waals surface area contributed by atoms with Gasteiger partial charge in [-0.2, -0.15) is 0 Å². The van der Waals surface area contributed by atoms with Crippen LogP contribution in [0, 0.1) is 5.92 Å².